The molecule has 106 valence electrons. The van der Waals surface area contributed by atoms with Gasteiger partial charge in [-0.3, -0.25) is 0 Å². The van der Waals surface area contributed by atoms with Crippen LogP contribution in [0.15, 0.2) is 16.9 Å². The molecule has 1 heterocycles. The second-order valence-electron chi connectivity index (χ2n) is 5.48. The zero-order valence-corrected chi connectivity index (χ0v) is 13.0. The zero-order valence-electron chi connectivity index (χ0n) is 11.4. The molecule has 0 radical (unpaired) electrons. The van der Waals surface area contributed by atoms with E-state index < -0.39 is 0 Å². The highest BCUT2D eigenvalue weighted by Gasteiger charge is 2.20. The maximum atomic E-state index is 9.14. The number of nitrogens with zero attached hydrogens (tertiary/aromatic N) is 3. The van der Waals surface area contributed by atoms with Gasteiger partial charge in [-0.05, 0) is 47.0 Å². The highest BCUT2D eigenvalue weighted by molar-refractivity contribution is 9.10. The number of rotatable bonds is 5. The molecule has 0 amide bonds. The summed E-state index contributed by atoms with van der Waals surface area (Å²) in [6.07, 6.45) is 9.62. The lowest BCUT2D eigenvalue weighted by molar-refractivity contribution is 0.165. The molecule has 1 aliphatic carbocycles. The molecule has 0 aliphatic heterocycles. The molecule has 1 N–H and O–H groups in total. The van der Waals surface area contributed by atoms with Crippen LogP contribution in [0.25, 0.3) is 0 Å². The van der Waals surface area contributed by atoms with Crippen molar-refractivity contribution in [3.8, 4) is 0 Å². The Hall–Kier alpha value is -0.680. The van der Waals surface area contributed by atoms with Gasteiger partial charge in [0.2, 0.25) is 5.95 Å². The SMILES string of the molecule is CN(CC[C@H]1CC[C@H](CO)CC1)c1ncc(Br)cn1. The summed E-state index contributed by atoms with van der Waals surface area (Å²) in [5.74, 6) is 2.12. The lowest BCUT2D eigenvalue weighted by atomic mass is 9.81. The van der Waals surface area contributed by atoms with E-state index in [2.05, 4.69) is 30.8 Å². The van der Waals surface area contributed by atoms with E-state index >= 15 is 0 Å². The molecule has 2 rings (SSSR count). The molecular weight excluding hydrogens is 306 g/mol. The van der Waals surface area contributed by atoms with E-state index in [-0.39, 0.29) is 0 Å². The summed E-state index contributed by atoms with van der Waals surface area (Å²) in [7, 11) is 2.04. The molecule has 1 saturated carbocycles. The topological polar surface area (TPSA) is 49.2 Å². The van der Waals surface area contributed by atoms with Gasteiger partial charge in [0.1, 0.15) is 0 Å². The fourth-order valence-electron chi connectivity index (χ4n) is 2.68. The van der Waals surface area contributed by atoms with E-state index in [9.17, 15) is 0 Å². The first kappa shape index (κ1) is 14.7. The van der Waals surface area contributed by atoms with Gasteiger partial charge in [0, 0.05) is 32.6 Å². The number of hydrogen-bond acceptors (Lipinski definition) is 4. The van der Waals surface area contributed by atoms with Crippen molar-refractivity contribution in [3.05, 3.63) is 16.9 Å². The van der Waals surface area contributed by atoms with Crippen molar-refractivity contribution in [1.82, 2.24) is 9.97 Å². The lowest BCUT2D eigenvalue weighted by Crippen LogP contribution is -2.25. The van der Waals surface area contributed by atoms with E-state index in [0.29, 0.717) is 12.5 Å². The number of aliphatic hydroxyl groups excluding tert-OH is 1. The van der Waals surface area contributed by atoms with Crippen molar-refractivity contribution < 1.29 is 5.11 Å². The van der Waals surface area contributed by atoms with Gasteiger partial charge >= 0.3 is 0 Å². The van der Waals surface area contributed by atoms with E-state index in [1.807, 2.05) is 7.05 Å². The fourth-order valence-corrected chi connectivity index (χ4v) is 2.89. The summed E-state index contributed by atoms with van der Waals surface area (Å²) in [5.41, 5.74) is 0. The van der Waals surface area contributed by atoms with Gasteiger partial charge in [-0.25, -0.2) is 9.97 Å². The van der Waals surface area contributed by atoms with Crippen molar-refractivity contribution >= 4 is 21.9 Å². The highest BCUT2D eigenvalue weighted by Crippen LogP contribution is 2.30. The van der Waals surface area contributed by atoms with E-state index in [4.69, 9.17) is 5.11 Å². The van der Waals surface area contributed by atoms with Crippen LogP contribution in [0.3, 0.4) is 0 Å². The van der Waals surface area contributed by atoms with Gasteiger partial charge < -0.3 is 10.0 Å². The molecule has 0 atom stereocenters. The molecule has 1 aromatic heterocycles. The quantitative estimate of drug-likeness (QED) is 0.903. The maximum Gasteiger partial charge on any atom is 0.225 e. The summed E-state index contributed by atoms with van der Waals surface area (Å²) < 4.78 is 0.909. The highest BCUT2D eigenvalue weighted by atomic mass is 79.9. The molecule has 1 aliphatic rings. The first-order valence-corrected chi connectivity index (χ1v) is 7.78. The molecule has 5 heteroatoms. The molecule has 4 nitrogen and oxygen atoms in total. The molecule has 0 saturated heterocycles. The Morgan fingerprint density at radius 3 is 2.37 bits per heavy atom. The van der Waals surface area contributed by atoms with E-state index in [1.54, 1.807) is 12.4 Å². The van der Waals surface area contributed by atoms with Gasteiger partial charge in [-0.2, -0.15) is 0 Å². The number of aromatic nitrogens is 2. The first-order valence-electron chi connectivity index (χ1n) is 6.98. The molecule has 0 unspecified atom stereocenters. The van der Waals surface area contributed by atoms with Crippen LogP contribution in [-0.4, -0.2) is 35.3 Å². The van der Waals surface area contributed by atoms with Gasteiger partial charge in [0.25, 0.3) is 0 Å². The largest absolute Gasteiger partial charge is 0.396 e. The molecular formula is C14H22BrN3O. The van der Waals surface area contributed by atoms with E-state index in [1.165, 1.54) is 32.1 Å². The zero-order chi connectivity index (χ0) is 13.7. The fraction of sp³-hybridized carbons (Fsp3) is 0.714. The van der Waals surface area contributed by atoms with Crippen LogP contribution in [0.4, 0.5) is 5.95 Å². The van der Waals surface area contributed by atoms with Crippen LogP contribution in [-0.2, 0) is 0 Å². The minimum atomic E-state index is 0.360. The minimum absolute atomic E-state index is 0.360. The maximum absolute atomic E-state index is 9.14. The molecule has 0 aromatic carbocycles. The van der Waals surface area contributed by atoms with Crippen LogP contribution in [0.1, 0.15) is 32.1 Å². The normalized spacial score (nSPS) is 23.3. The Morgan fingerprint density at radius 1 is 1.21 bits per heavy atom. The number of aliphatic hydroxyl groups is 1. The van der Waals surface area contributed by atoms with Crippen molar-refractivity contribution in [2.45, 2.75) is 32.1 Å². The van der Waals surface area contributed by atoms with Gasteiger partial charge in [-0.15, -0.1) is 0 Å². The Bertz CT molecular complexity index is 377. The van der Waals surface area contributed by atoms with Crippen LogP contribution in [0.2, 0.25) is 0 Å². The predicted molar refractivity (Wildman–Crippen MR) is 80.2 cm³/mol. The van der Waals surface area contributed by atoms with Crippen molar-refractivity contribution in [3.63, 3.8) is 0 Å². The average Bonchev–Trinajstić information content (AvgIpc) is 2.46. The van der Waals surface area contributed by atoms with Gasteiger partial charge in [-0.1, -0.05) is 12.8 Å². The predicted octanol–water partition coefficient (Wildman–Crippen LogP) is 2.86. The smallest absolute Gasteiger partial charge is 0.225 e. The molecule has 0 spiro atoms. The summed E-state index contributed by atoms with van der Waals surface area (Å²) in [4.78, 5) is 10.7. The Labute approximate surface area is 123 Å². The Morgan fingerprint density at radius 2 is 1.79 bits per heavy atom. The molecule has 1 fully saturated rings. The van der Waals surface area contributed by atoms with Crippen molar-refractivity contribution in [2.75, 3.05) is 25.1 Å². The molecule has 19 heavy (non-hydrogen) atoms. The number of halogens is 1. The third-order valence-corrected chi connectivity index (χ3v) is 4.45. The summed E-state index contributed by atoms with van der Waals surface area (Å²) in [6, 6.07) is 0. The summed E-state index contributed by atoms with van der Waals surface area (Å²) in [6.45, 7) is 1.36. The Kier molecular flexibility index (Phi) is 5.58. The van der Waals surface area contributed by atoms with Crippen molar-refractivity contribution in [1.29, 1.82) is 0 Å². The lowest BCUT2D eigenvalue weighted by Gasteiger charge is -2.28. The summed E-state index contributed by atoms with van der Waals surface area (Å²) >= 11 is 3.34. The minimum Gasteiger partial charge on any atom is -0.396 e. The standard InChI is InChI=1S/C14H22BrN3O/c1-18(14-16-8-13(15)9-17-14)7-6-11-2-4-12(10-19)5-3-11/h8-9,11-12,19H,2-7,10H2,1H3/t11-,12-. The van der Waals surface area contributed by atoms with Crippen LogP contribution in [0.5, 0.6) is 0 Å². The monoisotopic (exact) mass is 327 g/mol. The second kappa shape index (κ2) is 7.20. The van der Waals surface area contributed by atoms with Crippen molar-refractivity contribution in [2.24, 2.45) is 11.8 Å². The number of anilines is 1. The average molecular weight is 328 g/mol. The summed E-state index contributed by atoms with van der Waals surface area (Å²) in [5, 5.41) is 9.14. The third-order valence-electron chi connectivity index (χ3n) is 4.05. The van der Waals surface area contributed by atoms with Crippen LogP contribution in [0, 0.1) is 11.8 Å². The van der Waals surface area contributed by atoms with Gasteiger partial charge in [0.05, 0.1) is 4.47 Å². The van der Waals surface area contributed by atoms with Crippen LogP contribution < -0.4 is 4.90 Å². The molecule has 0 bridgehead atoms. The van der Waals surface area contributed by atoms with E-state index in [0.717, 1.165) is 22.9 Å². The first-order chi connectivity index (χ1) is 9.19. The Balaban J connectivity index is 1.75. The number of hydrogen-bond donors (Lipinski definition) is 1. The van der Waals surface area contributed by atoms with Crippen LogP contribution >= 0.6 is 15.9 Å². The second-order valence-corrected chi connectivity index (χ2v) is 6.40. The third kappa shape index (κ3) is 4.42. The van der Waals surface area contributed by atoms with Gasteiger partial charge in [0.15, 0.2) is 0 Å². The molecule has 1 aromatic rings.